The predicted octanol–water partition coefficient (Wildman–Crippen LogP) is 4.54. The molecule has 7 heteroatoms. The first kappa shape index (κ1) is 20.3. The normalized spacial score (nSPS) is 13.4. The zero-order valence-corrected chi connectivity index (χ0v) is 18.6. The summed E-state index contributed by atoms with van der Waals surface area (Å²) in [7, 11) is 0. The Morgan fingerprint density at radius 1 is 0.875 bits per heavy atom. The highest BCUT2D eigenvalue weighted by Gasteiger charge is 2.34. The van der Waals surface area contributed by atoms with Gasteiger partial charge in [-0.1, -0.05) is 50.2 Å². The van der Waals surface area contributed by atoms with E-state index in [1.165, 1.54) is 32.7 Å². The number of nitrogens with zero attached hydrogens (tertiary/aromatic N) is 3. The summed E-state index contributed by atoms with van der Waals surface area (Å²) in [4.78, 5) is 44.8. The number of thiophene rings is 1. The first-order valence-electron chi connectivity index (χ1n) is 10.5. The first-order chi connectivity index (χ1) is 15.5. The topological polar surface area (TPSA) is 72.3 Å². The molecule has 2 aromatic heterocycles. The minimum absolute atomic E-state index is 0.113. The zero-order chi connectivity index (χ0) is 22.4. The third-order valence-corrected chi connectivity index (χ3v) is 6.78. The molecule has 0 fully saturated rings. The van der Waals surface area contributed by atoms with Gasteiger partial charge in [-0.25, -0.2) is 4.98 Å². The van der Waals surface area contributed by atoms with Crippen LogP contribution in [0, 0.1) is 0 Å². The number of carbonyl (C=O) groups is 2. The molecule has 1 aliphatic heterocycles. The van der Waals surface area contributed by atoms with Crippen molar-refractivity contribution in [2.75, 3.05) is 6.54 Å². The summed E-state index contributed by atoms with van der Waals surface area (Å²) in [5.74, 6) is -0.215. The average Bonchev–Trinajstić information content (AvgIpc) is 3.34. The van der Waals surface area contributed by atoms with E-state index < -0.39 is 0 Å². The van der Waals surface area contributed by atoms with E-state index in [-0.39, 0.29) is 30.5 Å². The molecular weight excluding hydrogens is 422 g/mol. The fourth-order valence-corrected chi connectivity index (χ4v) is 4.94. The molecule has 1 aliphatic rings. The van der Waals surface area contributed by atoms with Crippen LogP contribution in [-0.4, -0.2) is 32.8 Å². The van der Waals surface area contributed by atoms with Crippen molar-refractivity contribution in [3.05, 3.63) is 87.3 Å². The van der Waals surface area contributed by atoms with Gasteiger partial charge >= 0.3 is 0 Å². The van der Waals surface area contributed by atoms with E-state index in [0.717, 1.165) is 11.1 Å². The lowest BCUT2D eigenvalue weighted by molar-refractivity contribution is 0.0648. The van der Waals surface area contributed by atoms with E-state index in [4.69, 9.17) is 0 Å². The summed E-state index contributed by atoms with van der Waals surface area (Å²) in [6.45, 7) is 4.59. The van der Waals surface area contributed by atoms with Gasteiger partial charge in [0.15, 0.2) is 0 Å². The van der Waals surface area contributed by atoms with E-state index in [1.807, 2.05) is 17.5 Å². The Hall–Kier alpha value is -3.58. The molecule has 0 spiro atoms. The fourth-order valence-electron chi connectivity index (χ4n) is 4.04. The lowest BCUT2D eigenvalue weighted by Crippen LogP contribution is -2.35. The largest absolute Gasteiger partial charge is 0.297 e. The highest BCUT2D eigenvalue weighted by atomic mass is 32.1. The Bertz CT molecular complexity index is 1380. The second kappa shape index (κ2) is 7.84. The maximum absolute atomic E-state index is 13.3. The van der Waals surface area contributed by atoms with Crippen LogP contribution in [0.15, 0.2) is 65.0 Å². The highest BCUT2D eigenvalue weighted by molar-refractivity contribution is 7.17. The standard InChI is InChI=1S/C25H21N3O3S/c1-15(2)16-7-9-17(10-8-16)20-13-32-22-21(20)25(31)27(14-26-22)11-12-28-23(29)18-5-3-4-6-19(18)24(28)30/h3-10,13-15H,11-12H2,1-2H3. The van der Waals surface area contributed by atoms with Gasteiger partial charge in [0, 0.05) is 24.0 Å². The molecule has 3 heterocycles. The Kier molecular flexibility index (Phi) is 4.98. The number of benzene rings is 2. The number of fused-ring (bicyclic) bond motifs is 2. The summed E-state index contributed by atoms with van der Waals surface area (Å²) in [5, 5.41) is 2.52. The molecule has 0 bridgehead atoms. The molecule has 5 rings (SSSR count). The van der Waals surface area contributed by atoms with Crippen LogP contribution in [-0.2, 0) is 6.54 Å². The van der Waals surface area contributed by atoms with Crippen molar-refractivity contribution in [1.82, 2.24) is 14.5 Å². The molecule has 0 N–H and O–H groups in total. The molecule has 4 aromatic rings. The van der Waals surface area contributed by atoms with Gasteiger partial charge in [0.1, 0.15) is 4.83 Å². The van der Waals surface area contributed by atoms with Crippen LogP contribution in [0.5, 0.6) is 0 Å². The lowest BCUT2D eigenvalue weighted by Gasteiger charge is -2.14. The number of carbonyl (C=O) groups excluding carboxylic acids is 2. The van der Waals surface area contributed by atoms with Gasteiger partial charge in [0.25, 0.3) is 17.4 Å². The molecule has 2 aromatic carbocycles. The van der Waals surface area contributed by atoms with Gasteiger partial charge in [-0.15, -0.1) is 11.3 Å². The minimum Gasteiger partial charge on any atom is -0.297 e. The third-order valence-electron chi connectivity index (χ3n) is 5.89. The maximum Gasteiger partial charge on any atom is 0.262 e. The molecule has 0 aliphatic carbocycles. The van der Waals surface area contributed by atoms with E-state index >= 15 is 0 Å². The van der Waals surface area contributed by atoms with Crippen LogP contribution >= 0.6 is 11.3 Å². The summed E-state index contributed by atoms with van der Waals surface area (Å²) in [5.41, 5.74) is 3.71. The Morgan fingerprint density at radius 3 is 2.16 bits per heavy atom. The number of imide groups is 1. The SMILES string of the molecule is CC(C)c1ccc(-c2csc3ncn(CCN4C(=O)c5ccccc5C4=O)c(=O)c23)cc1. The Balaban J connectivity index is 1.44. The van der Waals surface area contributed by atoms with Gasteiger partial charge in [-0.05, 0) is 29.2 Å². The summed E-state index contributed by atoms with van der Waals surface area (Å²) in [6.07, 6.45) is 1.49. The van der Waals surface area contributed by atoms with E-state index in [2.05, 4.69) is 31.0 Å². The van der Waals surface area contributed by atoms with Crippen LogP contribution in [0.3, 0.4) is 0 Å². The average molecular weight is 444 g/mol. The third kappa shape index (κ3) is 3.26. The van der Waals surface area contributed by atoms with Gasteiger partial charge in [0.05, 0.1) is 22.8 Å². The Labute approximate surface area is 188 Å². The first-order valence-corrected chi connectivity index (χ1v) is 11.4. The smallest absolute Gasteiger partial charge is 0.262 e. The predicted molar refractivity (Wildman–Crippen MR) is 125 cm³/mol. The van der Waals surface area contributed by atoms with Crippen molar-refractivity contribution in [3.63, 3.8) is 0 Å². The molecule has 0 unspecified atom stereocenters. The van der Waals surface area contributed by atoms with Crippen LogP contribution in [0.25, 0.3) is 21.3 Å². The second-order valence-corrected chi connectivity index (χ2v) is 9.01. The molecule has 0 radical (unpaired) electrons. The van der Waals surface area contributed by atoms with E-state index in [9.17, 15) is 14.4 Å². The molecule has 0 atom stereocenters. The van der Waals surface area contributed by atoms with Crippen molar-refractivity contribution in [3.8, 4) is 11.1 Å². The van der Waals surface area contributed by atoms with Gasteiger partial charge < -0.3 is 0 Å². The Morgan fingerprint density at radius 2 is 1.53 bits per heavy atom. The zero-order valence-electron chi connectivity index (χ0n) is 17.7. The number of rotatable bonds is 5. The number of amides is 2. The van der Waals surface area contributed by atoms with Crippen LogP contribution in [0.1, 0.15) is 46.0 Å². The van der Waals surface area contributed by atoms with E-state index in [0.29, 0.717) is 27.3 Å². The van der Waals surface area contributed by atoms with Crippen molar-refractivity contribution in [1.29, 1.82) is 0 Å². The summed E-state index contributed by atoms with van der Waals surface area (Å²) >= 11 is 1.43. The highest BCUT2D eigenvalue weighted by Crippen LogP contribution is 2.31. The van der Waals surface area contributed by atoms with Crippen molar-refractivity contribution in [2.45, 2.75) is 26.3 Å². The van der Waals surface area contributed by atoms with Gasteiger partial charge in [0.2, 0.25) is 0 Å². The van der Waals surface area contributed by atoms with Crippen LogP contribution in [0.4, 0.5) is 0 Å². The van der Waals surface area contributed by atoms with Crippen molar-refractivity contribution >= 4 is 33.4 Å². The monoisotopic (exact) mass is 443 g/mol. The van der Waals surface area contributed by atoms with E-state index in [1.54, 1.807) is 24.3 Å². The molecule has 2 amide bonds. The molecule has 6 nitrogen and oxygen atoms in total. The molecular formula is C25H21N3O3S. The molecule has 0 saturated carbocycles. The van der Waals surface area contributed by atoms with Crippen molar-refractivity contribution < 1.29 is 9.59 Å². The van der Waals surface area contributed by atoms with Gasteiger partial charge in [-0.2, -0.15) is 0 Å². The quantitative estimate of drug-likeness (QED) is 0.425. The molecule has 160 valence electrons. The number of hydrogen-bond acceptors (Lipinski definition) is 5. The minimum atomic E-state index is -0.325. The number of hydrogen-bond donors (Lipinski definition) is 0. The molecule has 32 heavy (non-hydrogen) atoms. The summed E-state index contributed by atoms with van der Waals surface area (Å²) < 4.78 is 1.48. The second-order valence-electron chi connectivity index (χ2n) is 8.16. The summed E-state index contributed by atoms with van der Waals surface area (Å²) in [6, 6.07) is 15.0. The fraction of sp³-hybridized carbons (Fsp3) is 0.200. The lowest BCUT2D eigenvalue weighted by atomic mass is 9.99. The van der Waals surface area contributed by atoms with Crippen molar-refractivity contribution in [2.24, 2.45) is 0 Å². The maximum atomic E-state index is 13.3. The molecule has 0 saturated heterocycles. The van der Waals surface area contributed by atoms with Crippen LogP contribution in [0.2, 0.25) is 0 Å². The number of aromatic nitrogens is 2. The van der Waals surface area contributed by atoms with Gasteiger partial charge in [-0.3, -0.25) is 23.9 Å². The van der Waals surface area contributed by atoms with Crippen LogP contribution < -0.4 is 5.56 Å².